The van der Waals surface area contributed by atoms with Crippen molar-refractivity contribution in [3.63, 3.8) is 0 Å². The minimum Gasteiger partial charge on any atom is -0.377 e. The molecule has 1 nitrogen and oxygen atoms in total. The fourth-order valence-corrected chi connectivity index (χ4v) is 4.38. The lowest BCUT2D eigenvalue weighted by Gasteiger charge is -2.17. The summed E-state index contributed by atoms with van der Waals surface area (Å²) in [6.07, 6.45) is 1.65. The van der Waals surface area contributed by atoms with Crippen molar-refractivity contribution in [1.29, 1.82) is 0 Å². The molecule has 2 aromatic rings. The number of rotatable bonds is 0. The van der Waals surface area contributed by atoms with Crippen LogP contribution in [0.25, 0.3) is 11.1 Å². The summed E-state index contributed by atoms with van der Waals surface area (Å²) in [5.74, 6) is 0.710. The van der Waals surface area contributed by atoms with Crippen molar-refractivity contribution >= 4 is 0 Å². The zero-order valence-electron chi connectivity index (χ0n) is 10.1. The SMILES string of the molecule is c1ccc2c(c1)-c1ccccc1C21[C@@H]2OCC[C@@H]21. The van der Waals surface area contributed by atoms with E-state index < -0.39 is 0 Å². The topological polar surface area (TPSA) is 9.23 Å². The Hall–Kier alpha value is -1.60. The van der Waals surface area contributed by atoms with Gasteiger partial charge in [0.1, 0.15) is 0 Å². The molecule has 1 heterocycles. The standard InChI is InChI=1S/C17H14O/c1-3-7-13-11(5-1)12-6-2-4-8-14(12)17(13)15-9-10-18-16(15)17/h1-8,15-16H,9-10H2/t15-,16+/m0/s1. The summed E-state index contributed by atoms with van der Waals surface area (Å²) in [7, 11) is 0. The third kappa shape index (κ3) is 0.813. The molecule has 1 heteroatoms. The summed E-state index contributed by atoms with van der Waals surface area (Å²) in [5, 5.41) is 0. The van der Waals surface area contributed by atoms with Crippen LogP contribution in [0.4, 0.5) is 0 Å². The minimum absolute atomic E-state index is 0.200. The van der Waals surface area contributed by atoms with E-state index in [0.717, 1.165) is 6.61 Å². The molecule has 2 fully saturated rings. The second-order valence-electron chi connectivity index (χ2n) is 5.65. The third-order valence-electron chi connectivity index (χ3n) is 5.05. The fourth-order valence-electron chi connectivity index (χ4n) is 4.38. The highest BCUT2D eigenvalue weighted by molar-refractivity contribution is 5.84. The van der Waals surface area contributed by atoms with E-state index in [4.69, 9.17) is 4.74 Å². The van der Waals surface area contributed by atoms with E-state index in [-0.39, 0.29) is 5.41 Å². The van der Waals surface area contributed by atoms with E-state index in [0.29, 0.717) is 12.0 Å². The van der Waals surface area contributed by atoms with E-state index >= 15 is 0 Å². The zero-order chi connectivity index (χ0) is 11.7. The van der Waals surface area contributed by atoms with E-state index in [1.165, 1.54) is 28.7 Å². The second kappa shape index (κ2) is 2.86. The first-order valence-corrected chi connectivity index (χ1v) is 6.75. The highest BCUT2D eigenvalue weighted by atomic mass is 16.5. The summed E-state index contributed by atoms with van der Waals surface area (Å²) in [6, 6.07) is 17.8. The predicted octanol–water partition coefficient (Wildman–Crippen LogP) is 3.37. The molecule has 5 rings (SSSR count). The predicted molar refractivity (Wildman–Crippen MR) is 70.5 cm³/mol. The van der Waals surface area contributed by atoms with Crippen LogP contribution in [0.5, 0.6) is 0 Å². The Balaban J connectivity index is 1.87. The Bertz CT molecular complexity index is 601. The Kier molecular flexibility index (Phi) is 1.49. The normalized spacial score (nSPS) is 28.9. The monoisotopic (exact) mass is 234 g/mol. The van der Waals surface area contributed by atoms with Crippen molar-refractivity contribution in [3.05, 3.63) is 59.7 Å². The summed E-state index contributed by atoms with van der Waals surface area (Å²) in [6.45, 7) is 0.946. The molecule has 1 spiro atoms. The van der Waals surface area contributed by atoms with E-state index in [1.54, 1.807) is 0 Å². The molecule has 2 aliphatic carbocycles. The molecular formula is C17H14O. The summed E-state index contributed by atoms with van der Waals surface area (Å²) in [4.78, 5) is 0. The van der Waals surface area contributed by atoms with Gasteiger partial charge in [-0.2, -0.15) is 0 Å². The van der Waals surface area contributed by atoms with Crippen molar-refractivity contribution in [2.75, 3.05) is 6.61 Å². The molecule has 18 heavy (non-hydrogen) atoms. The molecular weight excluding hydrogens is 220 g/mol. The van der Waals surface area contributed by atoms with E-state index in [9.17, 15) is 0 Å². The van der Waals surface area contributed by atoms with Crippen LogP contribution in [0.3, 0.4) is 0 Å². The average Bonchev–Trinajstić information content (AvgIpc) is 2.77. The lowest BCUT2D eigenvalue weighted by Crippen LogP contribution is -2.16. The van der Waals surface area contributed by atoms with Gasteiger partial charge in [0, 0.05) is 12.5 Å². The van der Waals surface area contributed by atoms with Gasteiger partial charge < -0.3 is 4.74 Å². The number of benzene rings is 2. The van der Waals surface area contributed by atoms with E-state index in [2.05, 4.69) is 48.5 Å². The van der Waals surface area contributed by atoms with Gasteiger partial charge >= 0.3 is 0 Å². The molecule has 3 aliphatic rings. The molecule has 0 bridgehead atoms. The number of hydrogen-bond acceptors (Lipinski definition) is 1. The van der Waals surface area contributed by atoms with Gasteiger partial charge in [0.25, 0.3) is 0 Å². The molecule has 1 aliphatic heterocycles. The Labute approximate surface area is 106 Å². The highest BCUT2D eigenvalue weighted by Crippen LogP contribution is 2.70. The molecule has 2 atom stereocenters. The number of ether oxygens (including phenoxy) is 1. The van der Waals surface area contributed by atoms with Gasteiger partial charge in [-0.1, -0.05) is 48.5 Å². The van der Waals surface area contributed by atoms with Crippen LogP contribution in [0.2, 0.25) is 0 Å². The molecule has 1 saturated heterocycles. The molecule has 1 saturated carbocycles. The van der Waals surface area contributed by atoms with Crippen LogP contribution in [-0.2, 0) is 10.2 Å². The fraction of sp³-hybridized carbons (Fsp3) is 0.294. The van der Waals surface area contributed by atoms with Gasteiger partial charge in [-0.15, -0.1) is 0 Å². The van der Waals surface area contributed by atoms with Crippen LogP contribution in [0.1, 0.15) is 17.5 Å². The Morgan fingerprint density at radius 3 is 2.06 bits per heavy atom. The van der Waals surface area contributed by atoms with E-state index in [1.807, 2.05) is 0 Å². The molecule has 2 aromatic carbocycles. The maximum Gasteiger partial charge on any atom is 0.0758 e. The van der Waals surface area contributed by atoms with Crippen molar-refractivity contribution in [1.82, 2.24) is 0 Å². The maximum atomic E-state index is 5.98. The van der Waals surface area contributed by atoms with Gasteiger partial charge in [-0.05, 0) is 28.7 Å². The Morgan fingerprint density at radius 2 is 1.50 bits per heavy atom. The summed E-state index contributed by atoms with van der Waals surface area (Å²) >= 11 is 0. The molecule has 0 amide bonds. The van der Waals surface area contributed by atoms with Crippen molar-refractivity contribution in [3.8, 4) is 11.1 Å². The molecule has 0 N–H and O–H groups in total. The second-order valence-corrected chi connectivity index (χ2v) is 5.65. The van der Waals surface area contributed by atoms with Crippen molar-refractivity contribution in [2.45, 2.75) is 17.9 Å². The van der Waals surface area contributed by atoms with Crippen molar-refractivity contribution in [2.24, 2.45) is 5.92 Å². The lowest BCUT2D eigenvalue weighted by atomic mass is 9.89. The minimum atomic E-state index is 0.200. The smallest absolute Gasteiger partial charge is 0.0758 e. The molecule has 0 radical (unpaired) electrons. The molecule has 88 valence electrons. The van der Waals surface area contributed by atoms with Gasteiger partial charge in [0.15, 0.2) is 0 Å². The lowest BCUT2D eigenvalue weighted by molar-refractivity contribution is 0.137. The number of fused-ring (bicyclic) bond motifs is 8. The van der Waals surface area contributed by atoms with Gasteiger partial charge in [0.2, 0.25) is 0 Å². The van der Waals surface area contributed by atoms with Crippen molar-refractivity contribution < 1.29 is 4.74 Å². The number of hydrogen-bond donors (Lipinski definition) is 0. The first-order valence-electron chi connectivity index (χ1n) is 6.75. The van der Waals surface area contributed by atoms with Crippen LogP contribution in [-0.4, -0.2) is 12.7 Å². The highest BCUT2D eigenvalue weighted by Gasteiger charge is 2.72. The summed E-state index contributed by atoms with van der Waals surface area (Å²) in [5.41, 5.74) is 6.05. The first-order chi connectivity index (χ1) is 8.94. The average molecular weight is 234 g/mol. The Morgan fingerprint density at radius 1 is 0.889 bits per heavy atom. The quantitative estimate of drug-likeness (QED) is 0.679. The largest absolute Gasteiger partial charge is 0.377 e. The maximum absolute atomic E-state index is 5.98. The molecule has 0 aromatic heterocycles. The van der Waals surface area contributed by atoms with Gasteiger partial charge in [-0.3, -0.25) is 0 Å². The van der Waals surface area contributed by atoms with Crippen LogP contribution >= 0.6 is 0 Å². The van der Waals surface area contributed by atoms with Crippen LogP contribution < -0.4 is 0 Å². The third-order valence-corrected chi connectivity index (χ3v) is 5.05. The van der Waals surface area contributed by atoms with Gasteiger partial charge in [0.05, 0.1) is 11.5 Å². The van der Waals surface area contributed by atoms with Crippen LogP contribution in [0, 0.1) is 5.92 Å². The summed E-state index contributed by atoms with van der Waals surface area (Å²) < 4.78 is 5.98. The van der Waals surface area contributed by atoms with Crippen LogP contribution in [0.15, 0.2) is 48.5 Å². The first kappa shape index (κ1) is 9.35. The van der Waals surface area contributed by atoms with Gasteiger partial charge in [-0.25, -0.2) is 0 Å². The zero-order valence-corrected chi connectivity index (χ0v) is 10.1. The molecule has 0 unspecified atom stereocenters.